The monoisotopic (exact) mass is 381 g/mol. The number of oxazole rings is 1. The van der Waals surface area contributed by atoms with Gasteiger partial charge in [-0.15, -0.1) is 0 Å². The highest BCUT2D eigenvalue weighted by Gasteiger charge is 2.20. The van der Waals surface area contributed by atoms with E-state index in [2.05, 4.69) is 10.3 Å². The molecule has 0 radical (unpaired) electrons. The first-order chi connectivity index (χ1) is 12.0. The third-order valence-corrected chi connectivity index (χ3v) is 5.00. The summed E-state index contributed by atoms with van der Waals surface area (Å²) in [5.74, 6) is 1.10. The number of hydrogen-bond donors (Lipinski definition) is 2. The SMILES string of the molecule is NC1CCC(NC(=O)CCc2ncc(-c3ccc(Cl)cc3Cl)o2)CC1. The summed E-state index contributed by atoms with van der Waals surface area (Å²) in [5, 5.41) is 4.13. The number of amides is 1. The normalized spacial score (nSPS) is 20.4. The van der Waals surface area contributed by atoms with Gasteiger partial charge in [0.25, 0.3) is 0 Å². The highest BCUT2D eigenvalue weighted by molar-refractivity contribution is 6.36. The molecule has 1 aliphatic carbocycles. The minimum absolute atomic E-state index is 0.0183. The van der Waals surface area contributed by atoms with E-state index < -0.39 is 0 Å². The lowest BCUT2D eigenvalue weighted by atomic mass is 9.92. The minimum atomic E-state index is 0.0183. The molecule has 0 spiro atoms. The Labute approximate surface area is 156 Å². The number of nitrogens with two attached hydrogens (primary N) is 1. The molecule has 1 aliphatic rings. The molecule has 3 rings (SSSR count). The molecule has 0 saturated heterocycles. The van der Waals surface area contributed by atoms with Crippen LogP contribution in [0.4, 0.5) is 0 Å². The number of nitrogens with zero attached hydrogens (tertiary/aromatic N) is 1. The summed E-state index contributed by atoms with van der Waals surface area (Å²) in [6, 6.07) is 5.70. The maximum Gasteiger partial charge on any atom is 0.220 e. The van der Waals surface area contributed by atoms with E-state index in [0.717, 1.165) is 31.2 Å². The molecule has 1 amide bonds. The zero-order chi connectivity index (χ0) is 17.8. The molecule has 0 bridgehead atoms. The van der Waals surface area contributed by atoms with Gasteiger partial charge in [0.2, 0.25) is 5.91 Å². The van der Waals surface area contributed by atoms with Crippen molar-refractivity contribution in [2.24, 2.45) is 5.73 Å². The van der Waals surface area contributed by atoms with Crippen LogP contribution in [0.1, 0.15) is 38.0 Å². The van der Waals surface area contributed by atoms with E-state index in [0.29, 0.717) is 34.5 Å². The molecule has 7 heteroatoms. The van der Waals surface area contributed by atoms with Crippen molar-refractivity contribution in [1.82, 2.24) is 10.3 Å². The van der Waals surface area contributed by atoms with Crippen molar-refractivity contribution < 1.29 is 9.21 Å². The van der Waals surface area contributed by atoms with E-state index in [1.165, 1.54) is 0 Å². The number of hydrogen-bond acceptors (Lipinski definition) is 4. The van der Waals surface area contributed by atoms with Crippen molar-refractivity contribution in [2.75, 3.05) is 0 Å². The Bertz CT molecular complexity index is 740. The zero-order valence-electron chi connectivity index (χ0n) is 13.8. The lowest BCUT2D eigenvalue weighted by Crippen LogP contribution is -2.40. The molecule has 2 aromatic rings. The van der Waals surface area contributed by atoms with Gasteiger partial charge in [0.1, 0.15) is 0 Å². The Kier molecular flexibility index (Phi) is 5.99. The van der Waals surface area contributed by atoms with Gasteiger partial charge in [-0.05, 0) is 43.9 Å². The maximum absolute atomic E-state index is 12.1. The fraction of sp³-hybridized carbons (Fsp3) is 0.444. The molecule has 0 atom stereocenters. The van der Waals surface area contributed by atoms with Crippen molar-refractivity contribution in [3.63, 3.8) is 0 Å². The molecular weight excluding hydrogens is 361 g/mol. The number of aromatic nitrogens is 1. The van der Waals surface area contributed by atoms with Gasteiger partial charge < -0.3 is 15.5 Å². The van der Waals surface area contributed by atoms with Gasteiger partial charge in [0.05, 0.1) is 11.2 Å². The predicted molar refractivity (Wildman–Crippen MR) is 98.7 cm³/mol. The number of benzene rings is 1. The fourth-order valence-corrected chi connectivity index (χ4v) is 3.53. The summed E-state index contributed by atoms with van der Waals surface area (Å²) < 4.78 is 5.71. The maximum atomic E-state index is 12.1. The Hall–Kier alpha value is -1.56. The van der Waals surface area contributed by atoms with Gasteiger partial charge in [0.15, 0.2) is 11.7 Å². The highest BCUT2D eigenvalue weighted by Crippen LogP contribution is 2.30. The first-order valence-corrected chi connectivity index (χ1v) is 9.22. The quantitative estimate of drug-likeness (QED) is 0.820. The summed E-state index contributed by atoms with van der Waals surface area (Å²) in [5.41, 5.74) is 6.61. The summed E-state index contributed by atoms with van der Waals surface area (Å²) in [4.78, 5) is 16.3. The van der Waals surface area contributed by atoms with Crippen molar-refractivity contribution in [3.8, 4) is 11.3 Å². The standard InChI is InChI=1S/C18H21Cl2N3O2/c19-11-1-6-14(15(20)9-11)16-10-22-18(25-16)8-7-17(24)23-13-4-2-12(21)3-5-13/h1,6,9-10,12-13H,2-5,7-8,21H2,(H,23,24). The van der Waals surface area contributed by atoms with Crippen LogP contribution in [0.15, 0.2) is 28.8 Å². The molecule has 1 aromatic carbocycles. The highest BCUT2D eigenvalue weighted by atomic mass is 35.5. The number of carbonyl (C=O) groups is 1. The summed E-state index contributed by atoms with van der Waals surface area (Å²) in [6.07, 6.45) is 6.24. The molecule has 1 heterocycles. The molecule has 0 unspecified atom stereocenters. The van der Waals surface area contributed by atoms with Gasteiger partial charge in [-0.3, -0.25) is 4.79 Å². The summed E-state index contributed by atoms with van der Waals surface area (Å²) >= 11 is 12.1. The van der Waals surface area contributed by atoms with Crippen molar-refractivity contribution in [1.29, 1.82) is 0 Å². The molecule has 0 aliphatic heterocycles. The molecule has 1 fully saturated rings. The number of halogens is 2. The smallest absolute Gasteiger partial charge is 0.220 e. The van der Waals surface area contributed by atoms with Crippen LogP contribution in [0.3, 0.4) is 0 Å². The van der Waals surface area contributed by atoms with Crippen LogP contribution in [0.5, 0.6) is 0 Å². The fourth-order valence-electron chi connectivity index (χ4n) is 3.02. The Balaban J connectivity index is 1.52. The topological polar surface area (TPSA) is 81.1 Å². The van der Waals surface area contributed by atoms with Gasteiger partial charge in [-0.25, -0.2) is 4.98 Å². The van der Waals surface area contributed by atoms with Crippen LogP contribution in [0.25, 0.3) is 11.3 Å². The third kappa shape index (κ3) is 4.97. The van der Waals surface area contributed by atoms with Crippen LogP contribution < -0.4 is 11.1 Å². The van der Waals surface area contributed by atoms with Crippen LogP contribution in [-0.2, 0) is 11.2 Å². The van der Waals surface area contributed by atoms with Crippen LogP contribution in [0.2, 0.25) is 10.0 Å². The van der Waals surface area contributed by atoms with E-state index in [4.69, 9.17) is 33.4 Å². The number of nitrogens with one attached hydrogen (secondary N) is 1. The van der Waals surface area contributed by atoms with Crippen molar-refractivity contribution >= 4 is 29.1 Å². The Morgan fingerprint density at radius 3 is 2.76 bits per heavy atom. The van der Waals surface area contributed by atoms with Gasteiger partial charge in [0, 0.05) is 35.5 Å². The molecule has 5 nitrogen and oxygen atoms in total. The largest absolute Gasteiger partial charge is 0.441 e. The molecular formula is C18H21Cl2N3O2. The van der Waals surface area contributed by atoms with E-state index in [1.54, 1.807) is 24.4 Å². The average Bonchev–Trinajstić information content (AvgIpc) is 3.04. The van der Waals surface area contributed by atoms with Crippen LogP contribution in [-0.4, -0.2) is 23.0 Å². The number of rotatable bonds is 5. The summed E-state index contributed by atoms with van der Waals surface area (Å²) in [7, 11) is 0. The third-order valence-electron chi connectivity index (χ3n) is 4.45. The van der Waals surface area contributed by atoms with E-state index in [-0.39, 0.29) is 18.0 Å². The Morgan fingerprint density at radius 2 is 2.04 bits per heavy atom. The first kappa shape index (κ1) is 18.2. The second-order valence-corrected chi connectivity index (χ2v) is 7.27. The van der Waals surface area contributed by atoms with Crippen LogP contribution >= 0.6 is 23.2 Å². The molecule has 3 N–H and O–H groups in total. The first-order valence-electron chi connectivity index (χ1n) is 8.46. The number of aryl methyl sites for hydroxylation is 1. The van der Waals surface area contributed by atoms with Crippen molar-refractivity contribution in [3.05, 3.63) is 40.3 Å². The average molecular weight is 382 g/mol. The lowest BCUT2D eigenvalue weighted by Gasteiger charge is -2.26. The van der Waals surface area contributed by atoms with E-state index >= 15 is 0 Å². The second-order valence-electron chi connectivity index (χ2n) is 6.42. The lowest BCUT2D eigenvalue weighted by molar-refractivity contribution is -0.122. The van der Waals surface area contributed by atoms with Crippen molar-refractivity contribution in [2.45, 2.75) is 50.6 Å². The van der Waals surface area contributed by atoms with E-state index in [9.17, 15) is 4.79 Å². The zero-order valence-corrected chi connectivity index (χ0v) is 15.3. The Morgan fingerprint density at radius 1 is 1.28 bits per heavy atom. The summed E-state index contributed by atoms with van der Waals surface area (Å²) in [6.45, 7) is 0. The van der Waals surface area contributed by atoms with Crippen LogP contribution in [0, 0.1) is 0 Å². The second kappa shape index (κ2) is 8.21. The molecule has 25 heavy (non-hydrogen) atoms. The molecule has 1 aromatic heterocycles. The molecule has 1 saturated carbocycles. The molecule has 134 valence electrons. The minimum Gasteiger partial charge on any atom is -0.441 e. The van der Waals surface area contributed by atoms with E-state index in [1.807, 2.05) is 0 Å². The van der Waals surface area contributed by atoms with Gasteiger partial charge >= 0.3 is 0 Å². The predicted octanol–water partition coefficient (Wildman–Crippen LogP) is 3.97. The van der Waals surface area contributed by atoms with Gasteiger partial charge in [-0.1, -0.05) is 23.2 Å². The number of carbonyl (C=O) groups excluding carboxylic acids is 1. The van der Waals surface area contributed by atoms with Gasteiger partial charge in [-0.2, -0.15) is 0 Å².